The largest absolute Gasteiger partial charge is 0.370 e. The molecule has 1 N–H and O–H groups in total. The highest BCUT2D eigenvalue weighted by atomic mass is 15.4. The van der Waals surface area contributed by atoms with Gasteiger partial charge in [0.25, 0.3) is 0 Å². The molecule has 2 aromatic rings. The molecular formula is C13H15N3. The number of nitrogens with zero attached hydrogens (tertiary/aromatic N) is 2. The second kappa shape index (κ2) is 3.67. The second-order valence-electron chi connectivity index (χ2n) is 4.29. The Balaban J connectivity index is 2.05. The van der Waals surface area contributed by atoms with Crippen LogP contribution in [-0.2, 0) is 0 Å². The lowest BCUT2D eigenvalue weighted by atomic mass is 10.1. The van der Waals surface area contributed by atoms with Crippen LogP contribution in [0.5, 0.6) is 0 Å². The third-order valence-corrected chi connectivity index (χ3v) is 3.09. The van der Waals surface area contributed by atoms with Gasteiger partial charge in [0, 0.05) is 18.2 Å². The highest BCUT2D eigenvalue weighted by Crippen LogP contribution is 2.28. The molecule has 1 atom stereocenters. The van der Waals surface area contributed by atoms with Crippen LogP contribution in [0.1, 0.15) is 19.4 Å². The van der Waals surface area contributed by atoms with Crippen LogP contribution in [0.4, 0.5) is 5.82 Å². The van der Waals surface area contributed by atoms with E-state index in [2.05, 4.69) is 40.2 Å². The minimum Gasteiger partial charge on any atom is -0.370 e. The summed E-state index contributed by atoms with van der Waals surface area (Å²) in [7, 11) is 0. The normalized spacial score (nSPS) is 18.9. The molecule has 3 heteroatoms. The standard InChI is InChI=1S/C13H15N3/c1-10-7-8-14-13-9-12(15-16(10)13)11-5-3-2-4-6-11/h2-6,9-10,14H,7-8H2,1H3. The highest BCUT2D eigenvalue weighted by molar-refractivity contribution is 5.63. The van der Waals surface area contributed by atoms with Crippen molar-refractivity contribution in [1.82, 2.24) is 9.78 Å². The molecule has 0 aliphatic carbocycles. The number of rotatable bonds is 1. The van der Waals surface area contributed by atoms with E-state index >= 15 is 0 Å². The molecule has 1 aliphatic rings. The van der Waals surface area contributed by atoms with Gasteiger partial charge in [-0.25, -0.2) is 4.68 Å². The zero-order valence-corrected chi connectivity index (χ0v) is 9.35. The van der Waals surface area contributed by atoms with Crippen LogP contribution in [0.3, 0.4) is 0 Å². The molecule has 16 heavy (non-hydrogen) atoms. The summed E-state index contributed by atoms with van der Waals surface area (Å²) in [6, 6.07) is 12.9. The molecule has 0 amide bonds. The van der Waals surface area contributed by atoms with Crippen LogP contribution >= 0.6 is 0 Å². The van der Waals surface area contributed by atoms with Gasteiger partial charge in [0.15, 0.2) is 0 Å². The van der Waals surface area contributed by atoms with Gasteiger partial charge in [-0.05, 0) is 13.3 Å². The van der Waals surface area contributed by atoms with E-state index in [4.69, 9.17) is 0 Å². The summed E-state index contributed by atoms with van der Waals surface area (Å²) in [6.45, 7) is 3.26. The summed E-state index contributed by atoms with van der Waals surface area (Å²) in [5, 5.41) is 8.04. The Morgan fingerprint density at radius 3 is 2.88 bits per heavy atom. The van der Waals surface area contributed by atoms with Crippen LogP contribution in [0.15, 0.2) is 36.4 Å². The fraction of sp³-hybridized carbons (Fsp3) is 0.308. The maximum Gasteiger partial charge on any atom is 0.125 e. The molecule has 0 spiro atoms. The molecule has 0 radical (unpaired) electrons. The van der Waals surface area contributed by atoms with E-state index in [1.165, 1.54) is 5.56 Å². The Labute approximate surface area is 95.1 Å². The molecule has 1 unspecified atom stereocenters. The molecule has 0 fully saturated rings. The van der Waals surface area contributed by atoms with Crippen molar-refractivity contribution in [2.45, 2.75) is 19.4 Å². The summed E-state index contributed by atoms with van der Waals surface area (Å²) in [6.07, 6.45) is 1.14. The van der Waals surface area contributed by atoms with Crippen molar-refractivity contribution in [1.29, 1.82) is 0 Å². The minimum atomic E-state index is 0.494. The zero-order valence-electron chi connectivity index (χ0n) is 9.35. The van der Waals surface area contributed by atoms with Crippen LogP contribution in [0.25, 0.3) is 11.3 Å². The number of hydrogen-bond donors (Lipinski definition) is 1. The van der Waals surface area contributed by atoms with Crippen molar-refractivity contribution in [2.75, 3.05) is 11.9 Å². The number of fused-ring (bicyclic) bond motifs is 1. The van der Waals surface area contributed by atoms with Gasteiger partial charge in [-0.15, -0.1) is 0 Å². The van der Waals surface area contributed by atoms with Gasteiger partial charge in [0.2, 0.25) is 0 Å². The molecule has 1 aromatic heterocycles. The van der Waals surface area contributed by atoms with E-state index in [9.17, 15) is 0 Å². The van der Waals surface area contributed by atoms with E-state index in [1.54, 1.807) is 0 Å². The first-order valence-electron chi connectivity index (χ1n) is 5.73. The lowest BCUT2D eigenvalue weighted by molar-refractivity contribution is 0.454. The minimum absolute atomic E-state index is 0.494. The fourth-order valence-electron chi connectivity index (χ4n) is 2.14. The molecule has 3 nitrogen and oxygen atoms in total. The van der Waals surface area contributed by atoms with Gasteiger partial charge >= 0.3 is 0 Å². The number of anilines is 1. The molecule has 1 aliphatic heterocycles. The third-order valence-electron chi connectivity index (χ3n) is 3.09. The average molecular weight is 213 g/mol. The van der Waals surface area contributed by atoms with Crippen LogP contribution in [-0.4, -0.2) is 16.3 Å². The van der Waals surface area contributed by atoms with Crippen molar-refractivity contribution < 1.29 is 0 Å². The number of nitrogens with one attached hydrogen (secondary N) is 1. The number of hydrogen-bond acceptors (Lipinski definition) is 2. The third kappa shape index (κ3) is 1.48. The summed E-state index contributed by atoms with van der Waals surface area (Å²) in [5.41, 5.74) is 2.23. The van der Waals surface area contributed by atoms with E-state index < -0.39 is 0 Å². The first kappa shape index (κ1) is 9.46. The average Bonchev–Trinajstić information content (AvgIpc) is 2.76. The summed E-state index contributed by atoms with van der Waals surface area (Å²) >= 11 is 0. The van der Waals surface area contributed by atoms with Crippen molar-refractivity contribution >= 4 is 5.82 Å². The van der Waals surface area contributed by atoms with Gasteiger partial charge < -0.3 is 5.32 Å². The molecular weight excluding hydrogens is 198 g/mol. The highest BCUT2D eigenvalue weighted by Gasteiger charge is 2.17. The molecule has 1 aromatic carbocycles. The Morgan fingerprint density at radius 2 is 2.12 bits per heavy atom. The predicted molar refractivity (Wildman–Crippen MR) is 65.5 cm³/mol. The summed E-state index contributed by atoms with van der Waals surface area (Å²) in [5.74, 6) is 1.14. The molecule has 3 rings (SSSR count). The fourth-order valence-corrected chi connectivity index (χ4v) is 2.14. The summed E-state index contributed by atoms with van der Waals surface area (Å²) < 4.78 is 2.09. The second-order valence-corrected chi connectivity index (χ2v) is 4.29. The molecule has 0 saturated carbocycles. The topological polar surface area (TPSA) is 29.9 Å². The van der Waals surface area contributed by atoms with E-state index in [0.29, 0.717) is 6.04 Å². The zero-order chi connectivity index (χ0) is 11.0. The maximum atomic E-state index is 4.66. The van der Waals surface area contributed by atoms with Gasteiger partial charge in [0.1, 0.15) is 5.82 Å². The molecule has 2 heterocycles. The number of aromatic nitrogens is 2. The van der Waals surface area contributed by atoms with Crippen molar-refractivity contribution in [3.05, 3.63) is 36.4 Å². The van der Waals surface area contributed by atoms with Gasteiger partial charge in [0.05, 0.1) is 11.7 Å². The SMILES string of the molecule is CC1CCNc2cc(-c3ccccc3)nn21. The lowest BCUT2D eigenvalue weighted by Crippen LogP contribution is -2.21. The van der Waals surface area contributed by atoms with Gasteiger partial charge in [-0.1, -0.05) is 30.3 Å². The maximum absolute atomic E-state index is 4.66. The molecule has 82 valence electrons. The van der Waals surface area contributed by atoms with Gasteiger partial charge in [-0.2, -0.15) is 5.10 Å². The van der Waals surface area contributed by atoms with Crippen LogP contribution in [0.2, 0.25) is 0 Å². The molecule has 0 bridgehead atoms. The summed E-state index contributed by atoms with van der Waals surface area (Å²) in [4.78, 5) is 0. The van der Waals surface area contributed by atoms with Crippen LogP contribution in [0, 0.1) is 0 Å². The predicted octanol–water partition coefficient (Wildman–Crippen LogP) is 2.93. The van der Waals surface area contributed by atoms with E-state index in [1.807, 2.05) is 18.2 Å². The van der Waals surface area contributed by atoms with Gasteiger partial charge in [-0.3, -0.25) is 0 Å². The lowest BCUT2D eigenvalue weighted by Gasteiger charge is -2.21. The van der Waals surface area contributed by atoms with E-state index in [-0.39, 0.29) is 0 Å². The Bertz CT molecular complexity index is 487. The first-order chi connectivity index (χ1) is 7.84. The first-order valence-corrected chi connectivity index (χ1v) is 5.73. The Kier molecular flexibility index (Phi) is 2.17. The number of benzene rings is 1. The van der Waals surface area contributed by atoms with Crippen molar-refractivity contribution in [2.24, 2.45) is 0 Å². The quantitative estimate of drug-likeness (QED) is 0.789. The molecule has 0 saturated heterocycles. The Hall–Kier alpha value is -1.77. The monoisotopic (exact) mass is 213 g/mol. The van der Waals surface area contributed by atoms with E-state index in [0.717, 1.165) is 24.5 Å². The smallest absolute Gasteiger partial charge is 0.125 e. The van der Waals surface area contributed by atoms with Crippen molar-refractivity contribution in [3.8, 4) is 11.3 Å². The van der Waals surface area contributed by atoms with Crippen molar-refractivity contribution in [3.63, 3.8) is 0 Å². The Morgan fingerprint density at radius 1 is 1.31 bits per heavy atom. The van der Waals surface area contributed by atoms with Crippen LogP contribution < -0.4 is 5.32 Å².